The molecule has 0 saturated heterocycles. The van der Waals surface area contributed by atoms with Crippen LogP contribution in [0.3, 0.4) is 0 Å². The lowest BCUT2D eigenvalue weighted by atomic mass is 9.49. The molecule has 4 saturated carbocycles. The number of anilines is 1. The van der Waals surface area contributed by atoms with Gasteiger partial charge in [0.2, 0.25) is 0 Å². The lowest BCUT2D eigenvalue weighted by molar-refractivity contribution is -0.383. The molecule has 7 nitrogen and oxygen atoms in total. The van der Waals surface area contributed by atoms with Crippen LogP contribution in [-0.2, 0) is 14.3 Å². The van der Waals surface area contributed by atoms with Crippen LogP contribution in [0.15, 0.2) is 18.2 Å². The Morgan fingerprint density at radius 3 is 2.54 bits per heavy atom. The summed E-state index contributed by atoms with van der Waals surface area (Å²) in [7, 11) is 0. The fraction of sp³-hybridized carbons (Fsp3) is 0.579. The Labute approximate surface area is 171 Å². The molecule has 4 aliphatic carbocycles. The van der Waals surface area contributed by atoms with Gasteiger partial charge in [-0.2, -0.15) is 0 Å². The van der Waals surface area contributed by atoms with Crippen LogP contribution in [0.2, 0.25) is 5.02 Å². The van der Waals surface area contributed by atoms with Crippen LogP contribution in [0.25, 0.3) is 0 Å². The predicted molar refractivity (Wildman–Crippen MR) is 103 cm³/mol. The second kappa shape index (κ2) is 6.88. The van der Waals surface area contributed by atoms with Crippen LogP contribution >= 0.6 is 23.2 Å². The van der Waals surface area contributed by atoms with Gasteiger partial charge in [-0.1, -0.05) is 11.6 Å². The standard InChI is InChI=1S/C19H20Cl2N2O5/c20-13-1-2-14(15(4-13)23(26)27)22-16(24)9-28-17(25)18-5-11-3-12(6-18)8-19(21,7-11)10-18/h1-2,4,11-12H,3,5-10H2,(H,22,24). The summed E-state index contributed by atoms with van der Waals surface area (Å²) in [5.74, 6) is -0.134. The lowest BCUT2D eigenvalue weighted by Crippen LogP contribution is -2.56. The van der Waals surface area contributed by atoms with Crippen LogP contribution in [0.4, 0.5) is 11.4 Å². The van der Waals surface area contributed by atoms with Crippen molar-refractivity contribution >= 4 is 46.5 Å². The second-order valence-corrected chi connectivity index (χ2v) is 9.67. The van der Waals surface area contributed by atoms with Crippen LogP contribution < -0.4 is 5.32 Å². The first-order valence-electron chi connectivity index (χ1n) is 9.28. The number of esters is 1. The number of hydrogen-bond donors (Lipinski definition) is 1. The average molecular weight is 427 g/mol. The number of ether oxygens (including phenoxy) is 1. The summed E-state index contributed by atoms with van der Waals surface area (Å²) in [5, 5.41) is 13.7. The number of halogens is 2. The van der Waals surface area contributed by atoms with Gasteiger partial charge in [0, 0.05) is 16.0 Å². The first-order valence-corrected chi connectivity index (χ1v) is 10.0. The van der Waals surface area contributed by atoms with Gasteiger partial charge in [-0.25, -0.2) is 0 Å². The fourth-order valence-electron chi connectivity index (χ4n) is 5.62. The number of amides is 1. The van der Waals surface area contributed by atoms with Crippen LogP contribution in [0, 0.1) is 27.4 Å². The number of nitrogens with zero attached hydrogens (tertiary/aromatic N) is 1. The number of nitrogens with one attached hydrogen (secondary N) is 1. The molecule has 0 aliphatic heterocycles. The van der Waals surface area contributed by atoms with Crippen molar-refractivity contribution < 1.29 is 19.2 Å². The Balaban J connectivity index is 1.39. The number of carbonyl (C=O) groups excluding carboxylic acids is 2. The molecule has 4 bridgehead atoms. The zero-order valence-electron chi connectivity index (χ0n) is 15.1. The van der Waals surface area contributed by atoms with Crippen LogP contribution in [-0.4, -0.2) is 28.3 Å². The summed E-state index contributed by atoms with van der Waals surface area (Å²) in [5.41, 5.74) is -0.916. The number of nitro groups is 1. The van der Waals surface area contributed by atoms with Crippen molar-refractivity contribution in [2.75, 3.05) is 11.9 Å². The van der Waals surface area contributed by atoms with Crippen molar-refractivity contribution in [2.24, 2.45) is 17.3 Å². The largest absolute Gasteiger partial charge is 0.455 e. The monoisotopic (exact) mass is 426 g/mol. The minimum Gasteiger partial charge on any atom is -0.455 e. The van der Waals surface area contributed by atoms with E-state index >= 15 is 0 Å². The van der Waals surface area contributed by atoms with Gasteiger partial charge in [0.15, 0.2) is 6.61 Å². The summed E-state index contributed by atoms with van der Waals surface area (Å²) < 4.78 is 5.32. The normalized spacial score (nSPS) is 32.8. The summed E-state index contributed by atoms with van der Waals surface area (Å²) in [6.07, 6.45) is 5.13. The number of hydrogen-bond acceptors (Lipinski definition) is 5. The minimum atomic E-state index is -0.636. The molecule has 4 fully saturated rings. The van der Waals surface area contributed by atoms with E-state index in [4.69, 9.17) is 27.9 Å². The lowest BCUT2D eigenvalue weighted by Gasteiger charge is -2.58. The number of carbonyl (C=O) groups is 2. The Kier molecular flexibility index (Phi) is 4.78. The van der Waals surface area contributed by atoms with Crippen molar-refractivity contribution in [3.8, 4) is 0 Å². The van der Waals surface area contributed by atoms with Crippen LogP contribution in [0.5, 0.6) is 0 Å². The van der Waals surface area contributed by atoms with Crippen molar-refractivity contribution in [1.29, 1.82) is 0 Å². The van der Waals surface area contributed by atoms with E-state index in [0.717, 1.165) is 38.2 Å². The Morgan fingerprint density at radius 2 is 1.93 bits per heavy atom. The molecule has 1 aromatic rings. The third-order valence-electron chi connectivity index (χ3n) is 6.19. The number of benzene rings is 1. The van der Waals surface area contributed by atoms with Crippen molar-refractivity contribution in [3.63, 3.8) is 0 Å². The van der Waals surface area contributed by atoms with Crippen LogP contribution in [0.1, 0.15) is 38.5 Å². The molecule has 0 radical (unpaired) electrons. The third kappa shape index (κ3) is 3.57. The maximum Gasteiger partial charge on any atom is 0.312 e. The average Bonchev–Trinajstić information content (AvgIpc) is 2.59. The molecule has 28 heavy (non-hydrogen) atoms. The number of nitro benzene ring substituents is 1. The van der Waals surface area contributed by atoms with Gasteiger partial charge in [-0.15, -0.1) is 11.6 Å². The number of rotatable bonds is 5. The van der Waals surface area contributed by atoms with Gasteiger partial charge in [-0.05, 0) is 62.5 Å². The van der Waals surface area contributed by atoms with E-state index in [2.05, 4.69) is 5.32 Å². The highest BCUT2D eigenvalue weighted by Crippen LogP contribution is 2.64. The van der Waals surface area contributed by atoms with Gasteiger partial charge in [0.1, 0.15) is 5.69 Å². The first kappa shape index (κ1) is 19.5. The predicted octanol–water partition coefficient (Wildman–Crippen LogP) is 4.31. The molecular formula is C19H20Cl2N2O5. The van der Waals surface area contributed by atoms with E-state index < -0.39 is 22.9 Å². The molecule has 0 aromatic heterocycles. The molecule has 1 amide bonds. The summed E-state index contributed by atoms with van der Waals surface area (Å²) >= 11 is 12.5. The zero-order valence-corrected chi connectivity index (χ0v) is 16.6. The van der Waals surface area contributed by atoms with Gasteiger partial charge in [0.25, 0.3) is 11.6 Å². The molecule has 9 heteroatoms. The summed E-state index contributed by atoms with van der Waals surface area (Å²) in [4.78, 5) is 35.2. The topological polar surface area (TPSA) is 98.5 Å². The molecular weight excluding hydrogens is 407 g/mol. The Morgan fingerprint density at radius 1 is 1.25 bits per heavy atom. The molecule has 1 N–H and O–H groups in total. The Hall–Kier alpha value is -1.86. The van der Waals surface area contributed by atoms with Gasteiger partial charge < -0.3 is 10.1 Å². The van der Waals surface area contributed by atoms with Crippen molar-refractivity contribution in [2.45, 2.75) is 43.4 Å². The Bertz CT molecular complexity index is 845. The van der Waals surface area contributed by atoms with E-state index in [9.17, 15) is 19.7 Å². The maximum atomic E-state index is 12.8. The molecule has 0 spiro atoms. The second-order valence-electron chi connectivity index (χ2n) is 8.44. The van der Waals surface area contributed by atoms with Gasteiger partial charge in [0.05, 0.1) is 10.3 Å². The fourth-order valence-corrected chi connectivity index (χ4v) is 6.48. The number of alkyl halides is 1. The minimum absolute atomic E-state index is 0.00460. The molecule has 5 rings (SSSR count). The van der Waals surface area contributed by atoms with Gasteiger partial charge in [-0.3, -0.25) is 19.7 Å². The molecule has 0 heterocycles. The van der Waals surface area contributed by atoms with Crippen molar-refractivity contribution in [3.05, 3.63) is 33.3 Å². The highest BCUT2D eigenvalue weighted by atomic mass is 35.5. The maximum absolute atomic E-state index is 12.8. The van der Waals surface area contributed by atoms with E-state index in [-0.39, 0.29) is 27.2 Å². The molecule has 2 atom stereocenters. The van der Waals surface area contributed by atoms with E-state index in [1.54, 1.807) is 0 Å². The van der Waals surface area contributed by atoms with E-state index in [0.29, 0.717) is 18.3 Å². The molecule has 1 aromatic carbocycles. The highest BCUT2D eigenvalue weighted by Gasteiger charge is 2.60. The molecule has 150 valence electrons. The SMILES string of the molecule is O=C(COC(=O)C12CC3CC(CC(Cl)(C3)C1)C2)Nc1ccc(Cl)cc1[N+](=O)[O-]. The van der Waals surface area contributed by atoms with E-state index in [1.807, 2.05) is 0 Å². The highest BCUT2D eigenvalue weighted by molar-refractivity contribution is 6.31. The molecule has 4 aliphatic rings. The van der Waals surface area contributed by atoms with Crippen molar-refractivity contribution in [1.82, 2.24) is 0 Å². The van der Waals surface area contributed by atoms with E-state index in [1.165, 1.54) is 12.1 Å². The third-order valence-corrected chi connectivity index (χ3v) is 6.86. The summed E-state index contributed by atoms with van der Waals surface area (Å²) in [6.45, 7) is -0.495. The first-order chi connectivity index (χ1) is 13.2. The quantitative estimate of drug-likeness (QED) is 0.327. The zero-order chi connectivity index (χ0) is 20.1. The smallest absolute Gasteiger partial charge is 0.312 e. The molecule has 2 unspecified atom stereocenters. The van der Waals surface area contributed by atoms with Gasteiger partial charge >= 0.3 is 5.97 Å². The summed E-state index contributed by atoms with van der Waals surface area (Å²) in [6, 6.07) is 3.93.